The van der Waals surface area contributed by atoms with E-state index in [1.807, 2.05) is 0 Å². The van der Waals surface area contributed by atoms with Crippen molar-refractivity contribution in [2.24, 2.45) is 0 Å². The molecule has 0 aromatic heterocycles. The summed E-state index contributed by atoms with van der Waals surface area (Å²) in [5.41, 5.74) is 0. The second-order valence-electron chi connectivity index (χ2n) is 1.14. The minimum atomic E-state index is 1.07. The first kappa shape index (κ1) is 2.88. The predicted octanol–water partition coefficient (Wildman–Crippen LogP) is -1.25. The summed E-state index contributed by atoms with van der Waals surface area (Å²) >= 11 is 0. The molecule has 0 saturated carbocycles. The highest BCUT2D eigenvalue weighted by atomic mass is 14.7. The van der Waals surface area contributed by atoms with Gasteiger partial charge in [0, 0.05) is 12.8 Å². The van der Waals surface area contributed by atoms with Gasteiger partial charge in [-0.1, -0.05) is 0 Å². The van der Waals surface area contributed by atoms with Gasteiger partial charge in [-0.2, -0.15) is 0 Å². The van der Waals surface area contributed by atoms with Crippen molar-refractivity contribution >= 4 is 6.21 Å². The Kier molecular flexibility index (Phi) is 0.692. The van der Waals surface area contributed by atoms with Gasteiger partial charge in [0.1, 0.15) is 12.8 Å². The maximum Gasteiger partial charge on any atom is 0.144 e. The van der Waals surface area contributed by atoms with Crippen molar-refractivity contribution < 1.29 is 4.99 Å². The molecule has 1 heteroatoms. The highest BCUT2D eigenvalue weighted by molar-refractivity contribution is 5.53. The molecule has 0 amide bonds. The van der Waals surface area contributed by atoms with E-state index in [2.05, 4.69) is 17.6 Å². The van der Waals surface area contributed by atoms with Gasteiger partial charge < -0.3 is 0 Å². The highest BCUT2D eigenvalue weighted by Gasteiger charge is 1.93. The maximum atomic E-state index is 3.04. The molecule has 0 atom stereocenters. The molecule has 1 nitrogen and oxygen atoms in total. The number of nitrogens with one attached hydrogen (secondary N) is 1. The third-order valence-electron chi connectivity index (χ3n) is 0.691. The van der Waals surface area contributed by atoms with Crippen LogP contribution in [0.4, 0.5) is 0 Å². The van der Waals surface area contributed by atoms with Crippen molar-refractivity contribution in [1.82, 2.24) is 0 Å². The Morgan fingerprint density at radius 2 is 2.60 bits per heavy atom. The zero-order valence-corrected chi connectivity index (χ0v) is 3.07. The van der Waals surface area contributed by atoms with Crippen LogP contribution in [0, 0.1) is 6.42 Å². The quantitative estimate of drug-likeness (QED) is 0.365. The molecular weight excluding hydrogens is 62.1 g/mol. The summed E-state index contributed by atoms with van der Waals surface area (Å²) in [4.78, 5) is 3.04. The summed E-state index contributed by atoms with van der Waals surface area (Å²) in [6.07, 6.45) is 5.39. The van der Waals surface area contributed by atoms with Crippen LogP contribution in [-0.4, -0.2) is 12.8 Å². The van der Waals surface area contributed by atoms with Gasteiger partial charge in [0.2, 0.25) is 0 Å². The van der Waals surface area contributed by atoms with E-state index in [0.717, 1.165) is 13.0 Å². The van der Waals surface area contributed by atoms with Gasteiger partial charge in [0.25, 0.3) is 0 Å². The minimum Gasteiger partial charge on any atom is -0.251 e. The summed E-state index contributed by atoms with van der Waals surface area (Å²) < 4.78 is 0. The van der Waals surface area contributed by atoms with Crippen LogP contribution in [0.5, 0.6) is 0 Å². The molecule has 0 aromatic rings. The van der Waals surface area contributed by atoms with Crippen molar-refractivity contribution in [3.8, 4) is 0 Å². The fourth-order valence-electron chi connectivity index (χ4n) is 0.417. The Hall–Kier alpha value is -0.330. The number of hydrogen-bond donors (Lipinski definition) is 1. The molecule has 1 radical (unpaired) electrons. The molecule has 27 valence electrons. The van der Waals surface area contributed by atoms with Crippen molar-refractivity contribution in [3.63, 3.8) is 0 Å². The Bertz CT molecular complexity index is 41.6. The van der Waals surface area contributed by atoms with Gasteiger partial charge in [-0.15, -0.1) is 0 Å². The highest BCUT2D eigenvalue weighted by Crippen LogP contribution is 1.75. The van der Waals surface area contributed by atoms with Gasteiger partial charge in [0.05, 0.1) is 0 Å². The van der Waals surface area contributed by atoms with Crippen LogP contribution in [0.2, 0.25) is 0 Å². The van der Waals surface area contributed by atoms with Crippen molar-refractivity contribution in [1.29, 1.82) is 0 Å². The fraction of sp³-hybridized carbons (Fsp3) is 0.500. The van der Waals surface area contributed by atoms with Crippen molar-refractivity contribution in [2.75, 3.05) is 6.54 Å². The molecule has 0 aliphatic carbocycles. The van der Waals surface area contributed by atoms with Gasteiger partial charge >= 0.3 is 0 Å². The molecule has 0 unspecified atom stereocenters. The standard InChI is InChI=1S/C4H6N/c1-2-4-5-3-1/h1,4H,2-3H2/p+1. The fourth-order valence-corrected chi connectivity index (χ4v) is 0.417. The first-order valence-electron chi connectivity index (χ1n) is 1.87. The second-order valence-corrected chi connectivity index (χ2v) is 1.14. The van der Waals surface area contributed by atoms with Gasteiger partial charge in [0.15, 0.2) is 0 Å². The third-order valence-corrected chi connectivity index (χ3v) is 0.691. The second kappa shape index (κ2) is 1.20. The van der Waals surface area contributed by atoms with E-state index in [1.54, 1.807) is 0 Å². The summed E-state index contributed by atoms with van der Waals surface area (Å²) in [6, 6.07) is 0. The van der Waals surface area contributed by atoms with Crippen LogP contribution in [-0.2, 0) is 0 Å². The number of rotatable bonds is 0. The van der Waals surface area contributed by atoms with Crippen molar-refractivity contribution in [2.45, 2.75) is 6.42 Å². The van der Waals surface area contributed by atoms with E-state index < -0.39 is 0 Å². The van der Waals surface area contributed by atoms with Crippen LogP contribution < -0.4 is 4.99 Å². The van der Waals surface area contributed by atoms with Crippen LogP contribution in [0.1, 0.15) is 6.42 Å². The molecule has 0 bridgehead atoms. The monoisotopic (exact) mass is 69.1 g/mol. The lowest BCUT2D eigenvalue weighted by molar-refractivity contribution is -0.435. The Morgan fingerprint density at radius 3 is 2.80 bits per heavy atom. The normalized spacial score (nSPS) is 20.8. The first-order valence-corrected chi connectivity index (χ1v) is 1.87. The zero-order valence-electron chi connectivity index (χ0n) is 3.07. The average molecular weight is 69.1 g/mol. The van der Waals surface area contributed by atoms with Crippen LogP contribution >= 0.6 is 0 Å². The molecule has 1 aliphatic heterocycles. The molecule has 1 aliphatic rings. The molecule has 0 fully saturated rings. The largest absolute Gasteiger partial charge is 0.251 e. The average Bonchev–Trinajstić information content (AvgIpc) is 1.76. The van der Waals surface area contributed by atoms with E-state index in [-0.39, 0.29) is 0 Å². The zero-order chi connectivity index (χ0) is 3.54. The molecule has 0 aromatic carbocycles. The molecule has 0 saturated heterocycles. The molecule has 1 heterocycles. The van der Waals surface area contributed by atoms with E-state index in [9.17, 15) is 0 Å². The summed E-state index contributed by atoms with van der Waals surface area (Å²) in [6.45, 7) is 1.07. The third kappa shape index (κ3) is 0.469. The number of hydrogen-bond acceptors (Lipinski definition) is 0. The van der Waals surface area contributed by atoms with Gasteiger partial charge in [-0.3, -0.25) is 4.99 Å². The Morgan fingerprint density at radius 1 is 1.60 bits per heavy atom. The SMILES string of the molecule is [CH]1CC=[NH+]C1. The van der Waals surface area contributed by atoms with Gasteiger partial charge in [-0.05, 0) is 0 Å². The Labute approximate surface area is 31.7 Å². The van der Waals surface area contributed by atoms with E-state index >= 15 is 0 Å². The summed E-state index contributed by atoms with van der Waals surface area (Å²) in [5, 5.41) is 0. The lowest BCUT2D eigenvalue weighted by Gasteiger charge is -1.60. The smallest absolute Gasteiger partial charge is 0.144 e. The lowest BCUT2D eigenvalue weighted by atomic mass is 10.4. The summed E-state index contributed by atoms with van der Waals surface area (Å²) in [7, 11) is 0. The van der Waals surface area contributed by atoms with E-state index in [4.69, 9.17) is 0 Å². The van der Waals surface area contributed by atoms with Crippen LogP contribution in [0.25, 0.3) is 0 Å². The minimum absolute atomic E-state index is 1.07. The molecule has 5 heavy (non-hydrogen) atoms. The molecule has 1 N–H and O–H groups in total. The van der Waals surface area contributed by atoms with Crippen LogP contribution in [0.15, 0.2) is 0 Å². The molecular formula is C4H7N+. The first-order chi connectivity index (χ1) is 2.50. The Balaban J connectivity index is 2.32. The van der Waals surface area contributed by atoms with Crippen LogP contribution in [0.3, 0.4) is 0 Å². The molecule has 0 spiro atoms. The topological polar surface area (TPSA) is 14.0 Å². The maximum absolute atomic E-state index is 3.04. The van der Waals surface area contributed by atoms with E-state index in [1.165, 1.54) is 0 Å². The molecule has 1 rings (SSSR count). The van der Waals surface area contributed by atoms with E-state index in [0.29, 0.717) is 0 Å². The summed E-state index contributed by atoms with van der Waals surface area (Å²) in [5.74, 6) is 0. The van der Waals surface area contributed by atoms with Crippen molar-refractivity contribution in [3.05, 3.63) is 6.42 Å². The predicted molar refractivity (Wildman–Crippen MR) is 20.8 cm³/mol. The lowest BCUT2D eigenvalue weighted by Crippen LogP contribution is -2.65. The van der Waals surface area contributed by atoms with Gasteiger partial charge in [-0.25, -0.2) is 0 Å².